The van der Waals surface area contributed by atoms with Crippen molar-refractivity contribution in [3.63, 3.8) is 0 Å². The van der Waals surface area contributed by atoms with Crippen molar-refractivity contribution in [2.45, 2.75) is 26.0 Å². The third-order valence-electron chi connectivity index (χ3n) is 2.86. The summed E-state index contributed by atoms with van der Waals surface area (Å²) in [5.41, 5.74) is -0.0285. The summed E-state index contributed by atoms with van der Waals surface area (Å²) in [5.74, 6) is -3.51. The third-order valence-corrected chi connectivity index (χ3v) is 3.47. The monoisotopic (exact) mass is 348 g/mol. The summed E-state index contributed by atoms with van der Waals surface area (Å²) < 4.78 is 41.8. The summed E-state index contributed by atoms with van der Waals surface area (Å²) in [5, 5.41) is 14.3. The van der Waals surface area contributed by atoms with Crippen LogP contribution in [0, 0.1) is 17.5 Å². The van der Waals surface area contributed by atoms with Crippen molar-refractivity contribution in [2.24, 2.45) is 0 Å². The number of halogens is 4. The Morgan fingerprint density at radius 2 is 1.90 bits per heavy atom. The zero-order valence-electron chi connectivity index (χ0n) is 10.6. The first-order valence-electron chi connectivity index (χ1n) is 5.99. The molecule has 108 valence electrons. The van der Waals surface area contributed by atoms with Crippen LogP contribution in [0.2, 0.25) is 0 Å². The molecule has 1 aromatic carbocycles. The van der Waals surface area contributed by atoms with Crippen LogP contribution >= 0.6 is 15.9 Å². The molecule has 0 aliphatic carbocycles. The largest absolute Gasteiger partial charge is 0.382 e. The number of hydrogen-bond donors (Lipinski definition) is 1. The van der Waals surface area contributed by atoms with Gasteiger partial charge in [-0.2, -0.15) is 5.10 Å². The van der Waals surface area contributed by atoms with Gasteiger partial charge in [0.05, 0.1) is 16.4 Å². The second-order valence-corrected chi connectivity index (χ2v) is 5.15. The molecule has 0 bridgehead atoms. The van der Waals surface area contributed by atoms with E-state index in [-0.39, 0.29) is 5.56 Å². The summed E-state index contributed by atoms with van der Waals surface area (Å²) in [4.78, 5) is 0. The molecule has 1 aromatic heterocycles. The number of aryl methyl sites for hydroxylation is 1. The number of aliphatic hydroxyl groups is 1. The minimum absolute atomic E-state index is 0.303. The van der Waals surface area contributed by atoms with E-state index in [0.717, 1.165) is 6.42 Å². The molecule has 2 rings (SSSR count). The average Bonchev–Trinajstić information content (AvgIpc) is 2.75. The van der Waals surface area contributed by atoms with Gasteiger partial charge in [-0.05, 0) is 28.4 Å². The standard InChI is InChI=1S/C13H12BrF3N2O/c1-2-3-19-12(8(14)6-18-19)13(20)7-4-10(16)11(17)5-9(7)15/h4-6,13,20H,2-3H2,1H3. The summed E-state index contributed by atoms with van der Waals surface area (Å²) in [7, 11) is 0. The van der Waals surface area contributed by atoms with E-state index in [4.69, 9.17) is 0 Å². The first kappa shape index (κ1) is 15.1. The molecule has 0 spiro atoms. The predicted molar refractivity (Wildman–Crippen MR) is 70.6 cm³/mol. The molecule has 2 aromatic rings. The lowest BCUT2D eigenvalue weighted by Crippen LogP contribution is -2.12. The van der Waals surface area contributed by atoms with Crippen LogP contribution in [0.5, 0.6) is 0 Å². The van der Waals surface area contributed by atoms with E-state index in [1.807, 2.05) is 6.92 Å². The minimum atomic E-state index is -1.44. The highest BCUT2D eigenvalue weighted by Crippen LogP contribution is 2.31. The van der Waals surface area contributed by atoms with Gasteiger partial charge in [-0.15, -0.1) is 0 Å². The summed E-state index contributed by atoms with van der Waals surface area (Å²) in [6.07, 6.45) is 0.786. The van der Waals surface area contributed by atoms with E-state index in [9.17, 15) is 18.3 Å². The summed E-state index contributed by atoms with van der Waals surface area (Å²) in [6, 6.07) is 1.08. The van der Waals surface area contributed by atoms with Gasteiger partial charge in [-0.3, -0.25) is 4.68 Å². The van der Waals surface area contributed by atoms with Crippen LogP contribution in [0.25, 0.3) is 0 Å². The molecule has 1 N–H and O–H groups in total. The number of rotatable bonds is 4. The highest BCUT2D eigenvalue weighted by atomic mass is 79.9. The molecule has 1 unspecified atom stereocenters. The molecule has 0 saturated carbocycles. The van der Waals surface area contributed by atoms with E-state index in [0.29, 0.717) is 28.8 Å². The Labute approximate surface area is 122 Å². The maximum Gasteiger partial charge on any atom is 0.161 e. The maximum atomic E-state index is 13.7. The van der Waals surface area contributed by atoms with Gasteiger partial charge in [0.1, 0.15) is 11.9 Å². The van der Waals surface area contributed by atoms with Gasteiger partial charge in [0.2, 0.25) is 0 Å². The Hall–Kier alpha value is -1.34. The minimum Gasteiger partial charge on any atom is -0.382 e. The quantitative estimate of drug-likeness (QED) is 0.858. The second kappa shape index (κ2) is 5.97. The van der Waals surface area contributed by atoms with E-state index in [1.165, 1.54) is 10.9 Å². The molecular formula is C13H12BrF3N2O. The fourth-order valence-corrected chi connectivity index (χ4v) is 2.44. The van der Waals surface area contributed by atoms with Crippen LogP contribution in [-0.4, -0.2) is 14.9 Å². The molecule has 0 radical (unpaired) electrons. The van der Waals surface area contributed by atoms with Crippen molar-refractivity contribution in [1.29, 1.82) is 0 Å². The van der Waals surface area contributed by atoms with Crippen molar-refractivity contribution < 1.29 is 18.3 Å². The van der Waals surface area contributed by atoms with Crippen molar-refractivity contribution in [2.75, 3.05) is 0 Å². The molecule has 20 heavy (non-hydrogen) atoms. The molecule has 0 fully saturated rings. The van der Waals surface area contributed by atoms with Crippen molar-refractivity contribution >= 4 is 15.9 Å². The van der Waals surface area contributed by atoms with Crippen LogP contribution in [-0.2, 0) is 6.54 Å². The first-order chi connectivity index (χ1) is 9.45. The van der Waals surface area contributed by atoms with Crippen LogP contribution in [0.3, 0.4) is 0 Å². The van der Waals surface area contributed by atoms with E-state index in [1.54, 1.807) is 0 Å². The molecule has 0 aliphatic heterocycles. The highest BCUT2D eigenvalue weighted by molar-refractivity contribution is 9.10. The van der Waals surface area contributed by atoms with E-state index >= 15 is 0 Å². The summed E-state index contributed by atoms with van der Waals surface area (Å²) in [6.45, 7) is 2.44. The van der Waals surface area contributed by atoms with Crippen LogP contribution in [0.4, 0.5) is 13.2 Å². The van der Waals surface area contributed by atoms with Crippen LogP contribution in [0.1, 0.15) is 30.7 Å². The normalized spacial score (nSPS) is 12.7. The molecule has 3 nitrogen and oxygen atoms in total. The number of aromatic nitrogens is 2. The smallest absolute Gasteiger partial charge is 0.161 e. The lowest BCUT2D eigenvalue weighted by atomic mass is 10.1. The number of hydrogen-bond acceptors (Lipinski definition) is 2. The van der Waals surface area contributed by atoms with Crippen molar-refractivity contribution in [3.8, 4) is 0 Å². The Balaban J connectivity index is 2.48. The highest BCUT2D eigenvalue weighted by Gasteiger charge is 2.24. The molecule has 0 amide bonds. The predicted octanol–water partition coefficient (Wildman–Crippen LogP) is 3.55. The van der Waals surface area contributed by atoms with Gasteiger partial charge in [-0.25, -0.2) is 13.2 Å². The average molecular weight is 349 g/mol. The van der Waals surface area contributed by atoms with Gasteiger partial charge in [0.15, 0.2) is 11.6 Å². The number of nitrogens with zero attached hydrogens (tertiary/aromatic N) is 2. The second-order valence-electron chi connectivity index (χ2n) is 4.29. The van der Waals surface area contributed by atoms with E-state index < -0.39 is 23.6 Å². The van der Waals surface area contributed by atoms with Gasteiger partial charge >= 0.3 is 0 Å². The summed E-state index contributed by atoms with van der Waals surface area (Å²) >= 11 is 3.21. The van der Waals surface area contributed by atoms with Gasteiger partial charge in [0, 0.05) is 18.2 Å². The molecule has 1 atom stereocenters. The fourth-order valence-electron chi connectivity index (χ4n) is 1.93. The zero-order chi connectivity index (χ0) is 14.9. The van der Waals surface area contributed by atoms with Crippen molar-refractivity contribution in [3.05, 3.63) is 51.5 Å². The molecule has 1 heterocycles. The first-order valence-corrected chi connectivity index (χ1v) is 6.78. The Morgan fingerprint density at radius 3 is 2.55 bits per heavy atom. The maximum absolute atomic E-state index is 13.7. The molecule has 0 saturated heterocycles. The topological polar surface area (TPSA) is 38.0 Å². The number of aliphatic hydroxyl groups excluding tert-OH is 1. The van der Waals surface area contributed by atoms with Crippen LogP contribution < -0.4 is 0 Å². The molecular weight excluding hydrogens is 337 g/mol. The number of benzene rings is 1. The Bertz CT molecular complexity index is 630. The van der Waals surface area contributed by atoms with Gasteiger partial charge in [0.25, 0.3) is 0 Å². The van der Waals surface area contributed by atoms with Crippen LogP contribution in [0.15, 0.2) is 22.8 Å². The van der Waals surface area contributed by atoms with E-state index in [2.05, 4.69) is 21.0 Å². The van der Waals surface area contributed by atoms with Crippen molar-refractivity contribution in [1.82, 2.24) is 9.78 Å². The SMILES string of the molecule is CCCn1ncc(Br)c1C(O)c1cc(F)c(F)cc1F. The molecule has 7 heteroatoms. The molecule has 0 aliphatic rings. The van der Waals surface area contributed by atoms with Gasteiger partial charge < -0.3 is 5.11 Å². The third kappa shape index (κ3) is 2.73. The Morgan fingerprint density at radius 1 is 1.25 bits per heavy atom. The lowest BCUT2D eigenvalue weighted by Gasteiger charge is -2.15. The Kier molecular flexibility index (Phi) is 4.49. The zero-order valence-corrected chi connectivity index (χ0v) is 12.2. The van der Waals surface area contributed by atoms with Gasteiger partial charge in [-0.1, -0.05) is 6.92 Å². The lowest BCUT2D eigenvalue weighted by molar-refractivity contribution is 0.200. The fraction of sp³-hybridized carbons (Fsp3) is 0.308.